The molecule has 0 spiro atoms. The largest absolute Gasteiger partial charge is 0.397 e. The predicted octanol–water partition coefficient (Wildman–Crippen LogP) is -1.24. The van der Waals surface area contributed by atoms with E-state index in [0.29, 0.717) is 0 Å². The molecule has 8 heavy (non-hydrogen) atoms. The van der Waals surface area contributed by atoms with E-state index in [1.165, 1.54) is 0 Å². The predicted molar refractivity (Wildman–Crippen MR) is 33.0 cm³/mol. The quantitative estimate of drug-likeness (QED) is 0.377. The van der Waals surface area contributed by atoms with Gasteiger partial charge in [0.25, 0.3) is 0 Å². The first-order chi connectivity index (χ1) is 3.56. The number of hydrogen-bond donors (Lipinski definition) is 2. The van der Waals surface area contributed by atoms with E-state index in [1.807, 2.05) is 0 Å². The molecule has 0 atom stereocenters. The van der Waals surface area contributed by atoms with Crippen LogP contribution in [0.3, 0.4) is 0 Å². The van der Waals surface area contributed by atoms with E-state index >= 15 is 0 Å². The second kappa shape index (κ2) is 3.19. The molecule has 2 N–H and O–H groups in total. The lowest BCUT2D eigenvalue weighted by molar-refractivity contribution is -0.105. The highest BCUT2D eigenvalue weighted by Gasteiger charge is 2.09. The smallest absolute Gasteiger partial charge is 0.190 e. The molecular weight excluding hydrogens is 124 g/mol. The fourth-order valence-corrected chi connectivity index (χ4v) is 0.886. The minimum absolute atomic E-state index is 0.0873. The van der Waals surface area contributed by atoms with Crippen molar-refractivity contribution >= 4 is 9.76 Å². The molecule has 0 radical (unpaired) electrons. The third-order valence-corrected chi connectivity index (χ3v) is 1.64. The molecule has 0 heterocycles. The number of aliphatic hydroxyl groups is 2. The van der Waals surface area contributed by atoms with E-state index < -0.39 is 15.6 Å². The maximum absolute atomic E-state index is 8.85. The normalized spacial score (nSPS) is 13.5. The van der Waals surface area contributed by atoms with E-state index in [0.717, 1.165) is 0 Å². The zero-order chi connectivity index (χ0) is 6.62. The topological polar surface area (TPSA) is 49.7 Å². The van der Waals surface area contributed by atoms with Gasteiger partial charge in [0, 0.05) is 0 Å². The maximum Gasteiger partial charge on any atom is 0.190 e. The van der Waals surface area contributed by atoms with Gasteiger partial charge in [0.1, 0.15) is 5.79 Å². The molecule has 0 fully saturated rings. The van der Waals surface area contributed by atoms with Gasteiger partial charge < -0.3 is 14.6 Å². The minimum Gasteiger partial charge on any atom is -0.397 e. The summed E-state index contributed by atoms with van der Waals surface area (Å²) in [5.41, 5.74) is 0. The Morgan fingerprint density at radius 2 is 2.12 bits per heavy atom. The van der Waals surface area contributed by atoms with Crippen molar-refractivity contribution in [2.24, 2.45) is 0 Å². The highest BCUT2D eigenvalue weighted by atomic mass is 28.2. The molecular formula is C4H12O3Si. The SMILES string of the molecule is CC(C)(O)O[SiH2]CO. The Kier molecular flexibility index (Phi) is 3.23. The first-order valence-corrected chi connectivity index (χ1v) is 4.11. The summed E-state index contributed by atoms with van der Waals surface area (Å²) in [5, 5.41) is 17.1. The molecule has 0 aromatic carbocycles. The van der Waals surface area contributed by atoms with Crippen LogP contribution in [-0.2, 0) is 4.43 Å². The van der Waals surface area contributed by atoms with Crippen LogP contribution in [0.2, 0.25) is 0 Å². The van der Waals surface area contributed by atoms with E-state index in [1.54, 1.807) is 13.8 Å². The van der Waals surface area contributed by atoms with Crippen molar-refractivity contribution in [2.75, 3.05) is 6.23 Å². The van der Waals surface area contributed by atoms with Gasteiger partial charge in [-0.1, -0.05) is 0 Å². The molecule has 0 saturated heterocycles. The third kappa shape index (κ3) is 6.10. The average Bonchev–Trinajstić information content (AvgIpc) is 1.59. The summed E-state index contributed by atoms with van der Waals surface area (Å²) < 4.78 is 4.82. The molecule has 0 aliphatic carbocycles. The van der Waals surface area contributed by atoms with Crippen LogP contribution in [0.25, 0.3) is 0 Å². The van der Waals surface area contributed by atoms with Crippen LogP contribution < -0.4 is 0 Å². The number of rotatable bonds is 3. The molecule has 0 unspecified atom stereocenters. The van der Waals surface area contributed by atoms with Crippen LogP contribution in [0.5, 0.6) is 0 Å². The molecule has 50 valence electrons. The van der Waals surface area contributed by atoms with Gasteiger partial charge >= 0.3 is 0 Å². The second-order valence-electron chi connectivity index (χ2n) is 2.02. The Morgan fingerprint density at radius 3 is 2.25 bits per heavy atom. The van der Waals surface area contributed by atoms with Crippen molar-refractivity contribution in [3.05, 3.63) is 0 Å². The molecule has 3 nitrogen and oxygen atoms in total. The first-order valence-electron chi connectivity index (χ1n) is 2.53. The first kappa shape index (κ1) is 8.10. The lowest BCUT2D eigenvalue weighted by Crippen LogP contribution is -2.26. The van der Waals surface area contributed by atoms with E-state index in [-0.39, 0.29) is 6.23 Å². The summed E-state index contributed by atoms with van der Waals surface area (Å²) >= 11 is 0. The van der Waals surface area contributed by atoms with Gasteiger partial charge in [0.2, 0.25) is 0 Å². The third-order valence-electron chi connectivity index (χ3n) is 0.547. The molecule has 0 aliphatic heterocycles. The van der Waals surface area contributed by atoms with Crippen LogP contribution in [0.15, 0.2) is 0 Å². The Labute approximate surface area is 51.2 Å². The summed E-state index contributed by atoms with van der Waals surface area (Å²) in [6.07, 6.45) is 0.0873. The highest BCUT2D eigenvalue weighted by Crippen LogP contribution is 1.99. The van der Waals surface area contributed by atoms with Crippen molar-refractivity contribution in [1.82, 2.24) is 0 Å². The lowest BCUT2D eigenvalue weighted by atomic mass is 10.4. The summed E-state index contributed by atoms with van der Waals surface area (Å²) in [4.78, 5) is 0. The molecule has 0 amide bonds. The Hall–Kier alpha value is 0.0969. The van der Waals surface area contributed by atoms with Crippen LogP contribution >= 0.6 is 0 Å². The summed E-state index contributed by atoms with van der Waals surface area (Å²) in [6, 6.07) is 0. The van der Waals surface area contributed by atoms with Gasteiger partial charge in [-0.05, 0) is 13.8 Å². The van der Waals surface area contributed by atoms with Gasteiger partial charge in [-0.3, -0.25) is 0 Å². The molecule has 0 saturated carbocycles. The fourth-order valence-electron chi connectivity index (χ4n) is 0.295. The van der Waals surface area contributed by atoms with Gasteiger partial charge in [-0.2, -0.15) is 0 Å². The van der Waals surface area contributed by atoms with E-state index in [4.69, 9.17) is 14.6 Å². The van der Waals surface area contributed by atoms with Gasteiger partial charge in [0.05, 0.1) is 6.23 Å². The monoisotopic (exact) mass is 136 g/mol. The zero-order valence-corrected chi connectivity index (χ0v) is 6.63. The number of aliphatic hydroxyl groups excluding tert-OH is 1. The van der Waals surface area contributed by atoms with E-state index in [2.05, 4.69) is 0 Å². The van der Waals surface area contributed by atoms with Crippen LogP contribution in [0.4, 0.5) is 0 Å². The molecule has 0 bridgehead atoms. The van der Waals surface area contributed by atoms with Crippen LogP contribution in [0.1, 0.15) is 13.8 Å². The summed E-state index contributed by atoms with van der Waals surface area (Å²) in [7, 11) is -0.877. The molecule has 0 rings (SSSR count). The Morgan fingerprint density at radius 1 is 1.62 bits per heavy atom. The molecule has 0 aliphatic rings. The standard InChI is InChI=1S/C4H12O3Si/c1-4(2,6)7-8-3-5/h5-6H,3,8H2,1-2H3. The van der Waals surface area contributed by atoms with Crippen molar-refractivity contribution in [3.8, 4) is 0 Å². The summed E-state index contributed by atoms with van der Waals surface area (Å²) in [6.45, 7) is 3.10. The van der Waals surface area contributed by atoms with Crippen LogP contribution in [-0.4, -0.2) is 32.0 Å². The van der Waals surface area contributed by atoms with Crippen molar-refractivity contribution < 1.29 is 14.6 Å². The van der Waals surface area contributed by atoms with E-state index in [9.17, 15) is 0 Å². The molecule has 0 aromatic heterocycles. The van der Waals surface area contributed by atoms with Crippen LogP contribution in [0, 0.1) is 0 Å². The molecule has 0 aromatic rings. The number of hydrogen-bond acceptors (Lipinski definition) is 3. The summed E-state index contributed by atoms with van der Waals surface area (Å²) in [5.74, 6) is -1.05. The van der Waals surface area contributed by atoms with Crippen molar-refractivity contribution in [3.63, 3.8) is 0 Å². The van der Waals surface area contributed by atoms with Gasteiger partial charge in [-0.25, -0.2) is 0 Å². The Bertz CT molecular complexity index is 58.8. The minimum atomic E-state index is -1.05. The Balaban J connectivity index is 3.11. The lowest BCUT2D eigenvalue weighted by Gasteiger charge is -2.17. The van der Waals surface area contributed by atoms with Crippen molar-refractivity contribution in [1.29, 1.82) is 0 Å². The highest BCUT2D eigenvalue weighted by molar-refractivity contribution is 6.26. The maximum atomic E-state index is 8.85. The van der Waals surface area contributed by atoms with Gasteiger partial charge in [-0.15, -0.1) is 0 Å². The second-order valence-corrected chi connectivity index (χ2v) is 3.16. The average molecular weight is 136 g/mol. The van der Waals surface area contributed by atoms with Crippen molar-refractivity contribution in [2.45, 2.75) is 19.6 Å². The molecule has 4 heteroatoms. The van der Waals surface area contributed by atoms with Gasteiger partial charge in [0.15, 0.2) is 9.76 Å². The zero-order valence-electron chi connectivity index (χ0n) is 5.22. The fraction of sp³-hybridized carbons (Fsp3) is 1.00.